The van der Waals surface area contributed by atoms with Gasteiger partial charge in [-0.3, -0.25) is 0 Å². The number of hydrogen-bond acceptors (Lipinski definition) is 2. The van der Waals surface area contributed by atoms with Gasteiger partial charge in [0.1, 0.15) is 0 Å². The van der Waals surface area contributed by atoms with Crippen LogP contribution in [0.25, 0.3) is 0 Å². The molecule has 1 unspecified atom stereocenters. The maximum atomic E-state index is 5.97. The van der Waals surface area contributed by atoms with Crippen molar-refractivity contribution in [1.82, 2.24) is 0 Å². The molecule has 1 N–H and O–H groups in total. The van der Waals surface area contributed by atoms with Crippen LogP contribution in [0.15, 0.2) is 46.9 Å². The minimum Gasteiger partial charge on any atom is -0.377 e. The van der Waals surface area contributed by atoms with E-state index in [-0.39, 0.29) is 6.04 Å². The Balaban J connectivity index is 2.30. The molecule has 2 nitrogen and oxygen atoms in total. The van der Waals surface area contributed by atoms with E-state index in [1.54, 1.807) is 0 Å². The van der Waals surface area contributed by atoms with Crippen LogP contribution >= 0.6 is 27.5 Å². The van der Waals surface area contributed by atoms with Crippen molar-refractivity contribution in [3.8, 4) is 0 Å². The summed E-state index contributed by atoms with van der Waals surface area (Å²) in [4.78, 5) is 2.11. The molecule has 0 heterocycles. The number of benzene rings is 2. The van der Waals surface area contributed by atoms with Gasteiger partial charge in [-0.1, -0.05) is 46.6 Å². The third-order valence-corrected chi connectivity index (χ3v) is 4.20. The maximum absolute atomic E-state index is 5.97. The highest BCUT2D eigenvalue weighted by Crippen LogP contribution is 2.32. The lowest BCUT2D eigenvalue weighted by molar-refractivity contribution is 0.749. The fourth-order valence-corrected chi connectivity index (χ4v) is 2.80. The van der Waals surface area contributed by atoms with Gasteiger partial charge in [0, 0.05) is 23.6 Å². The molecule has 0 bridgehead atoms. The Hall–Kier alpha value is -1.19. The quantitative estimate of drug-likeness (QED) is 0.725. The van der Waals surface area contributed by atoms with Crippen molar-refractivity contribution in [3.05, 3.63) is 57.5 Å². The topological polar surface area (TPSA) is 15.3 Å². The molecule has 0 aliphatic carbocycles. The van der Waals surface area contributed by atoms with Gasteiger partial charge < -0.3 is 10.2 Å². The molecule has 4 heteroatoms. The Morgan fingerprint density at radius 2 is 1.81 bits per heavy atom. The summed E-state index contributed by atoms with van der Waals surface area (Å²) in [6, 6.07) is 14.6. The molecule has 0 saturated heterocycles. The molecular formula is C17H20BrClN2. The number of anilines is 2. The predicted octanol–water partition coefficient (Wildman–Crippen LogP) is 5.73. The maximum Gasteiger partial charge on any atom is 0.0597 e. The van der Waals surface area contributed by atoms with Crippen LogP contribution in [0, 0.1) is 0 Å². The molecular weight excluding hydrogens is 348 g/mol. The van der Waals surface area contributed by atoms with Gasteiger partial charge in [0.2, 0.25) is 0 Å². The molecule has 2 rings (SSSR count). The fourth-order valence-electron chi connectivity index (χ4n) is 2.32. The number of rotatable bonds is 5. The van der Waals surface area contributed by atoms with Gasteiger partial charge in [-0.05, 0) is 42.3 Å². The summed E-state index contributed by atoms with van der Waals surface area (Å²) >= 11 is 9.52. The molecule has 0 aliphatic rings. The first kappa shape index (κ1) is 16.2. The zero-order valence-corrected chi connectivity index (χ0v) is 14.9. The third-order valence-electron chi connectivity index (χ3n) is 3.45. The van der Waals surface area contributed by atoms with Crippen molar-refractivity contribution in [1.29, 1.82) is 0 Å². The fraction of sp³-hybridized carbons (Fsp3) is 0.294. The summed E-state index contributed by atoms with van der Waals surface area (Å²) in [5.74, 6) is 0. The van der Waals surface area contributed by atoms with Crippen LogP contribution in [0.4, 0.5) is 11.4 Å². The van der Waals surface area contributed by atoms with Crippen molar-refractivity contribution in [2.45, 2.75) is 19.4 Å². The summed E-state index contributed by atoms with van der Waals surface area (Å²) < 4.78 is 1.07. The van der Waals surface area contributed by atoms with E-state index >= 15 is 0 Å². The Labute approximate surface area is 140 Å². The first-order valence-electron chi connectivity index (χ1n) is 7.00. The smallest absolute Gasteiger partial charge is 0.0597 e. The van der Waals surface area contributed by atoms with Crippen LogP contribution in [0.2, 0.25) is 5.02 Å². The summed E-state index contributed by atoms with van der Waals surface area (Å²) in [5.41, 5.74) is 3.54. The predicted molar refractivity (Wildman–Crippen MR) is 96.6 cm³/mol. The molecule has 0 radical (unpaired) electrons. The zero-order valence-electron chi connectivity index (χ0n) is 12.5. The molecule has 0 saturated carbocycles. The summed E-state index contributed by atoms with van der Waals surface area (Å²) in [5, 5.41) is 4.41. The average molecular weight is 368 g/mol. The Bertz CT molecular complexity index is 596. The van der Waals surface area contributed by atoms with Crippen molar-refractivity contribution < 1.29 is 0 Å². The number of halogens is 2. The molecule has 0 fully saturated rings. The van der Waals surface area contributed by atoms with Gasteiger partial charge in [-0.2, -0.15) is 0 Å². The number of nitrogens with one attached hydrogen (secondary N) is 1. The lowest BCUT2D eigenvalue weighted by Crippen LogP contribution is -2.15. The molecule has 0 aromatic heterocycles. The summed E-state index contributed by atoms with van der Waals surface area (Å²) in [7, 11) is 4.11. The highest BCUT2D eigenvalue weighted by atomic mass is 79.9. The van der Waals surface area contributed by atoms with Crippen molar-refractivity contribution >= 4 is 38.9 Å². The van der Waals surface area contributed by atoms with E-state index in [9.17, 15) is 0 Å². The van der Waals surface area contributed by atoms with E-state index in [1.807, 2.05) is 12.1 Å². The van der Waals surface area contributed by atoms with Gasteiger partial charge >= 0.3 is 0 Å². The molecule has 0 aliphatic heterocycles. The average Bonchev–Trinajstić information content (AvgIpc) is 2.45. The van der Waals surface area contributed by atoms with E-state index in [0.29, 0.717) is 0 Å². The minimum absolute atomic E-state index is 0.260. The largest absolute Gasteiger partial charge is 0.377 e. The molecule has 2 aromatic carbocycles. The molecule has 21 heavy (non-hydrogen) atoms. The normalized spacial score (nSPS) is 12.0. The van der Waals surface area contributed by atoms with Crippen molar-refractivity contribution in [2.24, 2.45) is 0 Å². The third kappa shape index (κ3) is 4.14. The van der Waals surface area contributed by atoms with Crippen LogP contribution in [0.1, 0.15) is 24.9 Å². The Kier molecular flexibility index (Phi) is 5.54. The second-order valence-corrected chi connectivity index (χ2v) is 6.56. The van der Waals surface area contributed by atoms with E-state index in [1.165, 1.54) is 11.3 Å². The minimum atomic E-state index is 0.260. The number of nitrogens with zero attached hydrogens (tertiary/aromatic N) is 1. The molecule has 0 amide bonds. The lowest BCUT2D eigenvalue weighted by Gasteiger charge is -2.24. The lowest BCUT2D eigenvalue weighted by atomic mass is 10.0. The Morgan fingerprint density at radius 1 is 1.14 bits per heavy atom. The van der Waals surface area contributed by atoms with Gasteiger partial charge in [-0.15, -0.1) is 0 Å². The number of hydrogen-bond donors (Lipinski definition) is 1. The van der Waals surface area contributed by atoms with Gasteiger partial charge in [0.15, 0.2) is 0 Å². The van der Waals surface area contributed by atoms with Crippen LogP contribution in [-0.2, 0) is 0 Å². The molecule has 2 aromatic rings. The van der Waals surface area contributed by atoms with E-state index in [4.69, 9.17) is 11.6 Å². The van der Waals surface area contributed by atoms with Gasteiger partial charge in [0.25, 0.3) is 0 Å². The zero-order chi connectivity index (χ0) is 15.4. The second kappa shape index (κ2) is 7.19. The Morgan fingerprint density at radius 3 is 2.38 bits per heavy atom. The van der Waals surface area contributed by atoms with Gasteiger partial charge in [0.05, 0.1) is 17.4 Å². The van der Waals surface area contributed by atoms with Crippen LogP contribution in [0.5, 0.6) is 0 Å². The van der Waals surface area contributed by atoms with E-state index < -0.39 is 0 Å². The monoisotopic (exact) mass is 366 g/mol. The first-order chi connectivity index (χ1) is 10.0. The molecule has 0 spiro atoms. The standard InChI is InChI=1S/C17H20BrClN2/c1-4-15(12-5-8-14(19)9-6-12)20-16-11-13(18)7-10-17(16)21(2)3/h5-11,15,20H,4H2,1-3H3. The highest BCUT2D eigenvalue weighted by molar-refractivity contribution is 9.10. The van der Waals surface area contributed by atoms with Crippen molar-refractivity contribution in [3.63, 3.8) is 0 Å². The first-order valence-corrected chi connectivity index (χ1v) is 8.17. The summed E-state index contributed by atoms with van der Waals surface area (Å²) in [6.07, 6.45) is 1.00. The van der Waals surface area contributed by atoms with Crippen LogP contribution in [0.3, 0.4) is 0 Å². The van der Waals surface area contributed by atoms with Crippen LogP contribution < -0.4 is 10.2 Å². The second-order valence-electron chi connectivity index (χ2n) is 5.21. The van der Waals surface area contributed by atoms with Crippen molar-refractivity contribution in [2.75, 3.05) is 24.3 Å². The van der Waals surface area contributed by atoms with E-state index in [0.717, 1.165) is 21.6 Å². The SMILES string of the molecule is CCC(Nc1cc(Br)ccc1N(C)C)c1ccc(Cl)cc1. The summed E-state index contributed by atoms with van der Waals surface area (Å²) in [6.45, 7) is 2.18. The molecule has 112 valence electrons. The van der Waals surface area contributed by atoms with Crippen LogP contribution in [-0.4, -0.2) is 14.1 Å². The highest BCUT2D eigenvalue weighted by Gasteiger charge is 2.12. The van der Waals surface area contributed by atoms with Gasteiger partial charge in [-0.25, -0.2) is 0 Å². The molecule has 1 atom stereocenters. The van der Waals surface area contributed by atoms with E-state index in [2.05, 4.69) is 77.5 Å².